The van der Waals surface area contributed by atoms with Crippen molar-refractivity contribution in [3.63, 3.8) is 0 Å². The molecule has 0 aromatic carbocycles. The van der Waals surface area contributed by atoms with Gasteiger partial charge in [-0.05, 0) is 12.8 Å². The second kappa shape index (κ2) is 8.12. The van der Waals surface area contributed by atoms with E-state index < -0.39 is 6.04 Å². The number of hydrogen-bond donors (Lipinski definition) is 2. The van der Waals surface area contributed by atoms with Crippen LogP contribution in [-0.2, 0) is 14.3 Å². The van der Waals surface area contributed by atoms with Crippen LogP contribution in [0.1, 0.15) is 32.1 Å². The molecule has 2 amide bonds. The van der Waals surface area contributed by atoms with Gasteiger partial charge in [0.25, 0.3) is 0 Å². The van der Waals surface area contributed by atoms with E-state index in [0.717, 1.165) is 12.8 Å². The molecule has 19 heavy (non-hydrogen) atoms. The van der Waals surface area contributed by atoms with Gasteiger partial charge in [-0.2, -0.15) is 0 Å². The molecule has 0 heterocycles. The van der Waals surface area contributed by atoms with Gasteiger partial charge >= 0.3 is 0 Å². The number of rotatable bonds is 6. The quantitative estimate of drug-likeness (QED) is 0.704. The molecule has 1 saturated carbocycles. The molecule has 1 fully saturated rings. The number of carbonyl (C=O) groups excluding carboxylic acids is 2. The Bertz CT molecular complexity index is 304. The SMILES string of the molecule is COCC(N)C(=O)NCC(=O)N(C)C1CCCCC1. The van der Waals surface area contributed by atoms with Crippen molar-refractivity contribution < 1.29 is 14.3 Å². The lowest BCUT2D eigenvalue weighted by Crippen LogP contribution is -2.48. The molecule has 0 saturated heterocycles. The first-order chi connectivity index (χ1) is 9.06. The van der Waals surface area contributed by atoms with E-state index in [9.17, 15) is 9.59 Å². The largest absolute Gasteiger partial charge is 0.383 e. The fourth-order valence-corrected chi connectivity index (χ4v) is 2.35. The summed E-state index contributed by atoms with van der Waals surface area (Å²) in [5, 5.41) is 2.55. The van der Waals surface area contributed by atoms with Crippen LogP contribution in [0.3, 0.4) is 0 Å². The highest BCUT2D eigenvalue weighted by atomic mass is 16.5. The molecule has 0 spiro atoms. The zero-order chi connectivity index (χ0) is 14.3. The van der Waals surface area contributed by atoms with E-state index in [4.69, 9.17) is 10.5 Å². The second-order valence-corrected chi connectivity index (χ2v) is 5.08. The Kier molecular flexibility index (Phi) is 6.80. The van der Waals surface area contributed by atoms with Crippen molar-refractivity contribution in [3.05, 3.63) is 0 Å². The van der Waals surface area contributed by atoms with Crippen molar-refractivity contribution in [2.24, 2.45) is 5.73 Å². The fraction of sp³-hybridized carbons (Fsp3) is 0.846. The molecule has 0 aromatic heterocycles. The molecule has 1 atom stereocenters. The summed E-state index contributed by atoms with van der Waals surface area (Å²) in [4.78, 5) is 25.3. The molecule has 0 bridgehead atoms. The molecule has 1 rings (SSSR count). The van der Waals surface area contributed by atoms with Crippen LogP contribution < -0.4 is 11.1 Å². The number of likely N-dealkylation sites (N-methyl/N-ethyl adjacent to an activating group) is 1. The van der Waals surface area contributed by atoms with Gasteiger partial charge in [0, 0.05) is 20.2 Å². The van der Waals surface area contributed by atoms with Gasteiger partial charge in [-0.1, -0.05) is 19.3 Å². The molecule has 0 aliphatic heterocycles. The number of ether oxygens (including phenoxy) is 1. The molecule has 110 valence electrons. The zero-order valence-electron chi connectivity index (χ0n) is 11.9. The second-order valence-electron chi connectivity index (χ2n) is 5.08. The van der Waals surface area contributed by atoms with Crippen LogP contribution in [-0.4, -0.2) is 56.1 Å². The Hall–Kier alpha value is -1.14. The van der Waals surface area contributed by atoms with E-state index in [-0.39, 0.29) is 25.0 Å². The van der Waals surface area contributed by atoms with E-state index in [1.165, 1.54) is 26.4 Å². The molecule has 0 aromatic rings. The maximum Gasteiger partial charge on any atom is 0.241 e. The van der Waals surface area contributed by atoms with Gasteiger partial charge in [0.1, 0.15) is 6.04 Å². The minimum absolute atomic E-state index is 0.00322. The third-order valence-corrected chi connectivity index (χ3v) is 3.61. The zero-order valence-corrected chi connectivity index (χ0v) is 11.9. The first kappa shape index (κ1) is 15.9. The van der Waals surface area contributed by atoms with Crippen LogP contribution in [0.15, 0.2) is 0 Å². The minimum atomic E-state index is -0.724. The Morgan fingerprint density at radius 2 is 2.00 bits per heavy atom. The lowest BCUT2D eigenvalue weighted by molar-refractivity contribution is -0.134. The van der Waals surface area contributed by atoms with Crippen LogP contribution in [0.2, 0.25) is 0 Å². The molecular weight excluding hydrogens is 246 g/mol. The molecular formula is C13H25N3O3. The molecule has 3 N–H and O–H groups in total. The highest BCUT2D eigenvalue weighted by Gasteiger charge is 2.22. The third kappa shape index (κ3) is 5.16. The van der Waals surface area contributed by atoms with Gasteiger partial charge in [0.15, 0.2) is 0 Å². The fourth-order valence-electron chi connectivity index (χ4n) is 2.35. The summed E-state index contributed by atoms with van der Waals surface area (Å²) in [5.41, 5.74) is 5.57. The van der Waals surface area contributed by atoms with E-state index in [2.05, 4.69) is 5.32 Å². The molecule has 1 aliphatic carbocycles. The van der Waals surface area contributed by atoms with Gasteiger partial charge in [0.2, 0.25) is 11.8 Å². The lowest BCUT2D eigenvalue weighted by atomic mass is 9.94. The summed E-state index contributed by atoms with van der Waals surface area (Å²) in [6, 6.07) is -0.413. The van der Waals surface area contributed by atoms with Crippen molar-refractivity contribution >= 4 is 11.8 Å². The van der Waals surface area contributed by atoms with E-state index in [1.807, 2.05) is 0 Å². The van der Waals surface area contributed by atoms with Crippen LogP contribution in [0, 0.1) is 0 Å². The number of nitrogens with one attached hydrogen (secondary N) is 1. The summed E-state index contributed by atoms with van der Waals surface area (Å²) in [7, 11) is 3.29. The summed E-state index contributed by atoms with van der Waals surface area (Å²) in [6.45, 7) is 0.154. The van der Waals surface area contributed by atoms with Crippen molar-refractivity contribution in [1.29, 1.82) is 0 Å². The van der Waals surface area contributed by atoms with Crippen molar-refractivity contribution in [2.45, 2.75) is 44.2 Å². The maximum atomic E-state index is 12.0. The number of amides is 2. The predicted octanol–water partition coefficient (Wildman–Crippen LogP) is -0.133. The van der Waals surface area contributed by atoms with E-state index in [0.29, 0.717) is 6.04 Å². The molecule has 1 aliphatic rings. The van der Waals surface area contributed by atoms with Gasteiger partial charge in [0.05, 0.1) is 13.2 Å². The van der Waals surface area contributed by atoms with Crippen LogP contribution in [0.4, 0.5) is 0 Å². The monoisotopic (exact) mass is 271 g/mol. The van der Waals surface area contributed by atoms with Crippen molar-refractivity contribution in [3.8, 4) is 0 Å². The number of methoxy groups -OCH3 is 1. The average molecular weight is 271 g/mol. The van der Waals surface area contributed by atoms with E-state index >= 15 is 0 Å². The highest BCUT2D eigenvalue weighted by Crippen LogP contribution is 2.21. The topological polar surface area (TPSA) is 84.7 Å². The normalized spacial score (nSPS) is 17.8. The Balaban J connectivity index is 2.31. The smallest absolute Gasteiger partial charge is 0.241 e. The van der Waals surface area contributed by atoms with Gasteiger partial charge < -0.3 is 20.7 Å². The van der Waals surface area contributed by atoms with Gasteiger partial charge in [-0.15, -0.1) is 0 Å². The highest BCUT2D eigenvalue weighted by molar-refractivity contribution is 5.87. The Morgan fingerprint density at radius 3 is 2.58 bits per heavy atom. The Morgan fingerprint density at radius 1 is 1.37 bits per heavy atom. The summed E-state index contributed by atoms with van der Waals surface area (Å²) < 4.78 is 4.79. The maximum absolute atomic E-state index is 12.0. The third-order valence-electron chi connectivity index (χ3n) is 3.61. The summed E-state index contributed by atoms with van der Waals surface area (Å²) >= 11 is 0. The molecule has 1 unspecified atom stereocenters. The van der Waals surface area contributed by atoms with Crippen LogP contribution in [0.25, 0.3) is 0 Å². The number of carbonyl (C=O) groups is 2. The molecule has 0 radical (unpaired) electrons. The predicted molar refractivity (Wildman–Crippen MR) is 72.5 cm³/mol. The van der Waals surface area contributed by atoms with Crippen LogP contribution >= 0.6 is 0 Å². The summed E-state index contributed by atoms with van der Waals surface area (Å²) in [6.07, 6.45) is 5.71. The first-order valence-electron chi connectivity index (χ1n) is 6.84. The van der Waals surface area contributed by atoms with E-state index in [1.54, 1.807) is 11.9 Å². The number of nitrogens with two attached hydrogens (primary N) is 1. The van der Waals surface area contributed by atoms with Gasteiger partial charge in [-0.3, -0.25) is 9.59 Å². The first-order valence-corrected chi connectivity index (χ1v) is 6.84. The van der Waals surface area contributed by atoms with Crippen molar-refractivity contribution in [2.75, 3.05) is 27.3 Å². The molecule has 6 heteroatoms. The van der Waals surface area contributed by atoms with Crippen LogP contribution in [0.5, 0.6) is 0 Å². The number of hydrogen-bond acceptors (Lipinski definition) is 4. The number of nitrogens with zero attached hydrogens (tertiary/aromatic N) is 1. The molecule has 6 nitrogen and oxygen atoms in total. The lowest BCUT2D eigenvalue weighted by Gasteiger charge is -2.31. The standard InChI is InChI=1S/C13H25N3O3/c1-16(10-6-4-3-5-7-10)12(17)8-15-13(18)11(14)9-19-2/h10-11H,3-9,14H2,1-2H3,(H,15,18). The minimum Gasteiger partial charge on any atom is -0.383 e. The van der Waals surface area contributed by atoms with Crippen molar-refractivity contribution in [1.82, 2.24) is 10.2 Å². The Labute approximate surface area is 114 Å². The average Bonchev–Trinajstić information content (AvgIpc) is 2.44. The van der Waals surface area contributed by atoms with Gasteiger partial charge in [-0.25, -0.2) is 0 Å². The summed E-state index contributed by atoms with van der Waals surface area (Å²) in [5.74, 6) is -0.419.